The summed E-state index contributed by atoms with van der Waals surface area (Å²) in [5, 5.41) is 3.00. The van der Waals surface area contributed by atoms with E-state index in [4.69, 9.17) is 4.74 Å². The van der Waals surface area contributed by atoms with Gasteiger partial charge in [-0.2, -0.15) is 0 Å². The van der Waals surface area contributed by atoms with Crippen molar-refractivity contribution in [3.8, 4) is 5.75 Å². The number of nitrogens with one attached hydrogen (secondary N) is 1. The highest BCUT2D eigenvalue weighted by atomic mass is 79.9. The van der Waals surface area contributed by atoms with E-state index in [1.165, 1.54) is 5.69 Å². The minimum absolute atomic E-state index is 0.0287. The second-order valence-corrected chi connectivity index (χ2v) is 7.31. The summed E-state index contributed by atoms with van der Waals surface area (Å²) in [6, 6.07) is 15.6. The minimum Gasteiger partial charge on any atom is -0.497 e. The molecule has 1 aliphatic rings. The van der Waals surface area contributed by atoms with Gasteiger partial charge in [0.05, 0.1) is 13.2 Å². The zero-order valence-corrected chi connectivity index (χ0v) is 16.7. The summed E-state index contributed by atoms with van der Waals surface area (Å²) < 4.78 is 6.17. The maximum Gasteiger partial charge on any atom is 0.241 e. The second kappa shape index (κ2) is 8.56. The lowest BCUT2D eigenvalue weighted by Crippen LogP contribution is -2.52. The zero-order valence-electron chi connectivity index (χ0n) is 15.1. The molecule has 0 radical (unpaired) electrons. The van der Waals surface area contributed by atoms with Gasteiger partial charge >= 0.3 is 0 Å². The van der Waals surface area contributed by atoms with Crippen LogP contribution >= 0.6 is 15.9 Å². The molecular weight excluding hydrogens is 394 g/mol. The van der Waals surface area contributed by atoms with Gasteiger partial charge in [-0.25, -0.2) is 0 Å². The van der Waals surface area contributed by atoms with E-state index in [1.54, 1.807) is 7.11 Å². The van der Waals surface area contributed by atoms with Gasteiger partial charge in [-0.15, -0.1) is 0 Å². The van der Waals surface area contributed by atoms with Gasteiger partial charge in [0.1, 0.15) is 5.75 Å². The van der Waals surface area contributed by atoms with Crippen LogP contribution in [0.2, 0.25) is 0 Å². The summed E-state index contributed by atoms with van der Waals surface area (Å²) in [6.07, 6.45) is 0. The van der Waals surface area contributed by atoms with E-state index >= 15 is 0 Å². The van der Waals surface area contributed by atoms with Crippen molar-refractivity contribution < 1.29 is 9.53 Å². The van der Waals surface area contributed by atoms with Crippen LogP contribution in [0.3, 0.4) is 0 Å². The lowest BCUT2D eigenvalue weighted by molar-refractivity contribution is -0.120. The summed E-state index contributed by atoms with van der Waals surface area (Å²) in [6.45, 7) is 5.50. The van der Waals surface area contributed by atoms with Crippen LogP contribution in [0.4, 0.5) is 11.4 Å². The third-order valence-corrected chi connectivity index (χ3v) is 5.26. The number of carbonyl (C=O) groups excluding carboxylic acids is 1. The van der Waals surface area contributed by atoms with E-state index in [1.807, 2.05) is 43.3 Å². The Bertz CT molecular complexity index is 743. The number of hydrogen-bond acceptors (Lipinski definition) is 4. The van der Waals surface area contributed by atoms with Crippen LogP contribution < -0.4 is 15.0 Å². The number of carbonyl (C=O) groups is 1. The minimum atomic E-state index is -0.160. The van der Waals surface area contributed by atoms with Crippen LogP contribution in [0, 0.1) is 0 Å². The average molecular weight is 418 g/mol. The van der Waals surface area contributed by atoms with Crippen molar-refractivity contribution in [1.82, 2.24) is 4.90 Å². The van der Waals surface area contributed by atoms with Crippen molar-refractivity contribution in [2.75, 3.05) is 43.5 Å². The second-order valence-electron chi connectivity index (χ2n) is 6.40. The number of halogens is 1. The van der Waals surface area contributed by atoms with E-state index in [0.717, 1.165) is 42.1 Å². The molecule has 2 aromatic carbocycles. The molecule has 1 heterocycles. The van der Waals surface area contributed by atoms with Crippen LogP contribution in [-0.2, 0) is 4.79 Å². The Labute approximate surface area is 163 Å². The SMILES string of the molecule is COc1ccc(N2CCN([C@@H](C)C(=O)Nc3cccc(Br)c3)CC2)cc1. The molecule has 0 unspecified atom stereocenters. The Kier molecular flexibility index (Phi) is 6.16. The van der Waals surface area contributed by atoms with Crippen LogP contribution in [0.1, 0.15) is 6.92 Å². The molecule has 3 rings (SSSR count). The van der Waals surface area contributed by atoms with Gasteiger partial charge in [-0.3, -0.25) is 9.69 Å². The molecule has 0 bridgehead atoms. The highest BCUT2D eigenvalue weighted by Crippen LogP contribution is 2.21. The normalized spacial score (nSPS) is 16.2. The first-order valence-corrected chi connectivity index (χ1v) is 9.55. The molecule has 1 amide bonds. The van der Waals surface area contributed by atoms with Crippen LogP contribution in [-0.4, -0.2) is 50.1 Å². The summed E-state index contributed by atoms with van der Waals surface area (Å²) in [5.41, 5.74) is 2.00. The molecule has 138 valence electrons. The van der Waals surface area contributed by atoms with E-state index in [2.05, 4.69) is 43.2 Å². The van der Waals surface area contributed by atoms with E-state index < -0.39 is 0 Å². The summed E-state index contributed by atoms with van der Waals surface area (Å²) in [5.74, 6) is 0.895. The van der Waals surface area contributed by atoms with Gasteiger partial charge < -0.3 is 15.0 Å². The number of rotatable bonds is 5. The highest BCUT2D eigenvalue weighted by molar-refractivity contribution is 9.10. The third-order valence-electron chi connectivity index (χ3n) is 4.77. The van der Waals surface area contributed by atoms with E-state index in [0.29, 0.717) is 0 Å². The van der Waals surface area contributed by atoms with Gasteiger partial charge in [0.25, 0.3) is 0 Å². The van der Waals surface area contributed by atoms with Crippen LogP contribution in [0.5, 0.6) is 5.75 Å². The molecule has 26 heavy (non-hydrogen) atoms. The summed E-state index contributed by atoms with van der Waals surface area (Å²) in [4.78, 5) is 17.1. The maximum atomic E-state index is 12.5. The van der Waals surface area contributed by atoms with Crippen LogP contribution in [0.15, 0.2) is 53.0 Å². The van der Waals surface area contributed by atoms with Crippen molar-refractivity contribution in [3.05, 3.63) is 53.0 Å². The number of nitrogens with zero attached hydrogens (tertiary/aromatic N) is 2. The molecule has 0 aromatic heterocycles. The average Bonchev–Trinajstić information content (AvgIpc) is 2.67. The monoisotopic (exact) mass is 417 g/mol. The fourth-order valence-electron chi connectivity index (χ4n) is 3.14. The number of ether oxygens (including phenoxy) is 1. The third kappa shape index (κ3) is 4.56. The van der Waals surface area contributed by atoms with Crippen molar-refractivity contribution in [1.29, 1.82) is 0 Å². The van der Waals surface area contributed by atoms with Crippen molar-refractivity contribution in [2.24, 2.45) is 0 Å². The first-order chi connectivity index (χ1) is 12.6. The first-order valence-electron chi connectivity index (χ1n) is 8.76. The molecule has 0 aliphatic carbocycles. The number of hydrogen-bond donors (Lipinski definition) is 1. The molecule has 5 nitrogen and oxygen atoms in total. The zero-order chi connectivity index (χ0) is 18.5. The van der Waals surface area contributed by atoms with Crippen LogP contribution in [0.25, 0.3) is 0 Å². The van der Waals surface area contributed by atoms with E-state index in [-0.39, 0.29) is 11.9 Å². The van der Waals surface area contributed by atoms with Crippen molar-refractivity contribution >= 4 is 33.2 Å². The largest absolute Gasteiger partial charge is 0.497 e. The smallest absolute Gasteiger partial charge is 0.241 e. The molecule has 6 heteroatoms. The standard InChI is InChI=1S/C20H24BrN3O2/c1-15(20(25)22-17-5-3-4-16(21)14-17)23-10-12-24(13-11-23)18-6-8-19(26-2)9-7-18/h3-9,14-15H,10-13H2,1-2H3,(H,22,25)/t15-/m0/s1. The molecule has 0 spiro atoms. The van der Waals surface area contributed by atoms with Gasteiger partial charge in [0.2, 0.25) is 5.91 Å². The lowest BCUT2D eigenvalue weighted by Gasteiger charge is -2.38. The van der Waals surface area contributed by atoms with Gasteiger partial charge in [-0.05, 0) is 49.4 Å². The number of amides is 1. The highest BCUT2D eigenvalue weighted by Gasteiger charge is 2.25. The van der Waals surface area contributed by atoms with Crippen molar-refractivity contribution in [3.63, 3.8) is 0 Å². The summed E-state index contributed by atoms with van der Waals surface area (Å²) >= 11 is 3.43. The molecule has 2 aromatic rings. The molecule has 1 saturated heterocycles. The molecule has 1 aliphatic heterocycles. The molecular formula is C20H24BrN3O2. The molecule has 1 atom stereocenters. The lowest BCUT2D eigenvalue weighted by atomic mass is 10.2. The number of anilines is 2. The Balaban J connectivity index is 1.54. The maximum absolute atomic E-state index is 12.5. The Hall–Kier alpha value is -2.05. The molecule has 1 fully saturated rings. The van der Waals surface area contributed by atoms with Gasteiger partial charge in [0, 0.05) is 42.0 Å². The number of benzene rings is 2. The Morgan fingerprint density at radius 3 is 2.42 bits per heavy atom. The number of piperazine rings is 1. The van der Waals surface area contributed by atoms with Gasteiger partial charge in [-0.1, -0.05) is 22.0 Å². The van der Waals surface area contributed by atoms with Gasteiger partial charge in [0.15, 0.2) is 0 Å². The van der Waals surface area contributed by atoms with Crippen molar-refractivity contribution in [2.45, 2.75) is 13.0 Å². The first kappa shape index (κ1) is 18.7. The quantitative estimate of drug-likeness (QED) is 0.806. The van der Waals surface area contributed by atoms with E-state index in [9.17, 15) is 4.79 Å². The topological polar surface area (TPSA) is 44.8 Å². The fourth-order valence-corrected chi connectivity index (χ4v) is 3.54. The molecule has 0 saturated carbocycles. The predicted molar refractivity (Wildman–Crippen MR) is 109 cm³/mol. The molecule has 1 N–H and O–H groups in total. The Morgan fingerprint density at radius 2 is 1.81 bits per heavy atom. The predicted octanol–water partition coefficient (Wildman–Crippen LogP) is 3.61. The number of methoxy groups -OCH3 is 1. The summed E-state index contributed by atoms with van der Waals surface area (Å²) in [7, 11) is 1.67. The fraction of sp³-hybridized carbons (Fsp3) is 0.350. The Morgan fingerprint density at radius 1 is 1.12 bits per heavy atom.